The molecule has 0 spiro atoms. The maximum absolute atomic E-state index is 12.3. The van der Waals surface area contributed by atoms with E-state index in [0.29, 0.717) is 17.3 Å². The zero-order chi connectivity index (χ0) is 17.6. The van der Waals surface area contributed by atoms with Crippen molar-refractivity contribution in [3.05, 3.63) is 47.1 Å². The molecule has 0 aliphatic heterocycles. The highest BCUT2D eigenvalue weighted by atomic mass is 32.2. The molecule has 0 radical (unpaired) electrons. The number of nitrogens with zero attached hydrogens (tertiary/aromatic N) is 2. The van der Waals surface area contributed by atoms with E-state index < -0.39 is 10.0 Å². The van der Waals surface area contributed by atoms with Crippen LogP contribution in [0.2, 0.25) is 0 Å². The van der Waals surface area contributed by atoms with Crippen molar-refractivity contribution in [1.29, 1.82) is 0 Å². The highest BCUT2D eigenvalue weighted by Gasteiger charge is 2.17. The molecule has 0 unspecified atom stereocenters. The van der Waals surface area contributed by atoms with E-state index in [1.807, 2.05) is 25.1 Å². The molecule has 0 atom stereocenters. The summed E-state index contributed by atoms with van der Waals surface area (Å²) in [7, 11) is -3.52. The molecule has 1 amide bonds. The first kappa shape index (κ1) is 18.6. The van der Waals surface area contributed by atoms with Gasteiger partial charge in [0.15, 0.2) is 0 Å². The summed E-state index contributed by atoms with van der Waals surface area (Å²) in [5.74, 6) is -0.101. The number of nitrogens with one attached hydrogen (secondary N) is 1. The summed E-state index contributed by atoms with van der Waals surface area (Å²) in [5, 5.41) is 0. The monoisotopic (exact) mass is 367 g/mol. The number of carbonyl (C=O) groups excluding carboxylic acids is 1. The molecule has 2 aromatic rings. The van der Waals surface area contributed by atoms with E-state index in [1.54, 1.807) is 23.4 Å². The third kappa shape index (κ3) is 5.12. The van der Waals surface area contributed by atoms with Gasteiger partial charge in [-0.3, -0.25) is 9.78 Å². The van der Waals surface area contributed by atoms with Crippen LogP contribution in [0.25, 0.3) is 0 Å². The van der Waals surface area contributed by atoms with E-state index in [0.717, 1.165) is 16.9 Å². The summed E-state index contributed by atoms with van der Waals surface area (Å²) >= 11 is 1.27. The van der Waals surface area contributed by atoms with E-state index in [1.165, 1.54) is 18.3 Å². The highest BCUT2D eigenvalue weighted by molar-refractivity contribution is 7.91. The SMILES string of the molecule is CCc1ccc(S(=O)(=O)NCCN(Cc2ccncc2)C(C)=O)s1. The second kappa shape index (κ2) is 8.36. The first-order valence-corrected chi connectivity index (χ1v) is 9.95. The van der Waals surface area contributed by atoms with Crippen LogP contribution in [-0.2, 0) is 27.8 Å². The molecule has 0 aliphatic carbocycles. The second-order valence-corrected chi connectivity index (χ2v) is 8.43. The number of aromatic nitrogens is 1. The van der Waals surface area contributed by atoms with Crippen molar-refractivity contribution in [3.8, 4) is 0 Å². The molecule has 2 aromatic heterocycles. The van der Waals surface area contributed by atoms with Gasteiger partial charge in [-0.15, -0.1) is 11.3 Å². The van der Waals surface area contributed by atoms with Gasteiger partial charge in [-0.1, -0.05) is 6.92 Å². The van der Waals surface area contributed by atoms with Gasteiger partial charge in [0.05, 0.1) is 0 Å². The smallest absolute Gasteiger partial charge is 0.250 e. The summed E-state index contributed by atoms with van der Waals surface area (Å²) in [6.07, 6.45) is 4.14. The summed E-state index contributed by atoms with van der Waals surface area (Å²) < 4.78 is 27.4. The van der Waals surface area contributed by atoms with Gasteiger partial charge in [0.1, 0.15) is 4.21 Å². The topological polar surface area (TPSA) is 79.4 Å². The lowest BCUT2D eigenvalue weighted by Crippen LogP contribution is -2.36. The van der Waals surface area contributed by atoms with Crippen LogP contribution in [0.1, 0.15) is 24.3 Å². The van der Waals surface area contributed by atoms with Gasteiger partial charge in [-0.05, 0) is 36.2 Å². The number of amides is 1. The Morgan fingerprint density at radius 1 is 1.25 bits per heavy atom. The molecule has 2 heterocycles. The average molecular weight is 367 g/mol. The summed E-state index contributed by atoms with van der Waals surface area (Å²) in [6, 6.07) is 7.10. The van der Waals surface area contributed by atoms with Crippen molar-refractivity contribution in [2.75, 3.05) is 13.1 Å². The van der Waals surface area contributed by atoms with Crippen LogP contribution in [0.3, 0.4) is 0 Å². The van der Waals surface area contributed by atoms with Crippen molar-refractivity contribution in [2.45, 2.75) is 31.0 Å². The largest absolute Gasteiger partial charge is 0.337 e. The van der Waals surface area contributed by atoms with Crippen molar-refractivity contribution < 1.29 is 13.2 Å². The molecule has 0 saturated heterocycles. The van der Waals surface area contributed by atoms with Crippen molar-refractivity contribution in [3.63, 3.8) is 0 Å². The molecule has 130 valence electrons. The fraction of sp³-hybridized carbons (Fsp3) is 0.375. The standard InChI is InChI=1S/C16H21N3O3S2/c1-3-15-4-5-16(23-15)24(21,22)18-10-11-19(13(2)20)12-14-6-8-17-9-7-14/h4-9,18H,3,10-12H2,1-2H3. The normalized spacial score (nSPS) is 11.4. The van der Waals surface area contributed by atoms with Crippen molar-refractivity contribution in [2.24, 2.45) is 0 Å². The Labute approximate surface area is 146 Å². The minimum Gasteiger partial charge on any atom is -0.337 e. The number of thiophene rings is 1. The number of rotatable bonds is 8. The summed E-state index contributed by atoms with van der Waals surface area (Å²) in [4.78, 5) is 18.3. The lowest BCUT2D eigenvalue weighted by molar-refractivity contribution is -0.129. The number of sulfonamides is 1. The van der Waals surface area contributed by atoms with E-state index in [2.05, 4.69) is 9.71 Å². The summed E-state index contributed by atoms with van der Waals surface area (Å²) in [5.41, 5.74) is 0.953. The van der Waals surface area contributed by atoms with Gasteiger partial charge in [-0.2, -0.15) is 0 Å². The van der Waals surface area contributed by atoms with E-state index >= 15 is 0 Å². The number of aryl methyl sites for hydroxylation is 1. The number of pyridine rings is 1. The Hall–Kier alpha value is -1.77. The number of hydrogen-bond donors (Lipinski definition) is 1. The number of hydrogen-bond acceptors (Lipinski definition) is 5. The Kier molecular flexibility index (Phi) is 6.47. The van der Waals surface area contributed by atoms with Crippen molar-refractivity contribution >= 4 is 27.3 Å². The maximum atomic E-state index is 12.3. The lowest BCUT2D eigenvalue weighted by Gasteiger charge is -2.21. The molecular formula is C16H21N3O3S2. The molecule has 0 fully saturated rings. The van der Waals surface area contributed by atoms with Crippen LogP contribution in [0.5, 0.6) is 0 Å². The Morgan fingerprint density at radius 2 is 1.96 bits per heavy atom. The second-order valence-electron chi connectivity index (χ2n) is 5.27. The molecule has 0 aromatic carbocycles. The Balaban J connectivity index is 1.93. The third-order valence-electron chi connectivity index (χ3n) is 3.49. The number of carbonyl (C=O) groups is 1. The van der Waals surface area contributed by atoms with Gasteiger partial charge in [0, 0.05) is 43.8 Å². The Bertz CT molecular complexity index is 773. The van der Waals surface area contributed by atoms with Crippen LogP contribution in [0.15, 0.2) is 40.9 Å². The van der Waals surface area contributed by atoms with E-state index in [4.69, 9.17) is 0 Å². The predicted molar refractivity (Wildman–Crippen MR) is 94.2 cm³/mol. The fourth-order valence-electron chi connectivity index (χ4n) is 2.14. The minimum absolute atomic E-state index is 0.101. The first-order chi connectivity index (χ1) is 11.4. The summed E-state index contributed by atoms with van der Waals surface area (Å²) in [6.45, 7) is 4.37. The van der Waals surface area contributed by atoms with Crippen LogP contribution < -0.4 is 4.72 Å². The van der Waals surface area contributed by atoms with E-state index in [-0.39, 0.29) is 12.5 Å². The maximum Gasteiger partial charge on any atom is 0.250 e. The third-order valence-corrected chi connectivity index (χ3v) is 6.67. The van der Waals surface area contributed by atoms with Gasteiger partial charge >= 0.3 is 0 Å². The molecule has 0 aliphatic rings. The molecular weight excluding hydrogens is 346 g/mol. The van der Waals surface area contributed by atoms with Gasteiger partial charge in [0.2, 0.25) is 15.9 Å². The quantitative estimate of drug-likeness (QED) is 0.774. The van der Waals surface area contributed by atoms with Crippen LogP contribution in [-0.4, -0.2) is 37.3 Å². The molecule has 1 N–H and O–H groups in total. The van der Waals surface area contributed by atoms with Gasteiger partial charge < -0.3 is 4.90 Å². The minimum atomic E-state index is -3.52. The lowest BCUT2D eigenvalue weighted by atomic mass is 10.2. The Morgan fingerprint density at radius 3 is 2.54 bits per heavy atom. The van der Waals surface area contributed by atoms with Gasteiger partial charge in [0.25, 0.3) is 0 Å². The van der Waals surface area contributed by atoms with Crippen LogP contribution in [0.4, 0.5) is 0 Å². The predicted octanol–water partition coefficient (Wildman–Crippen LogP) is 2.03. The van der Waals surface area contributed by atoms with Crippen LogP contribution >= 0.6 is 11.3 Å². The average Bonchev–Trinajstić information content (AvgIpc) is 3.04. The molecule has 2 rings (SSSR count). The molecule has 6 nitrogen and oxygen atoms in total. The van der Waals surface area contributed by atoms with Gasteiger partial charge in [-0.25, -0.2) is 13.1 Å². The zero-order valence-electron chi connectivity index (χ0n) is 13.7. The first-order valence-electron chi connectivity index (χ1n) is 7.65. The zero-order valence-corrected chi connectivity index (χ0v) is 15.4. The molecule has 0 saturated carbocycles. The molecule has 8 heteroatoms. The fourth-order valence-corrected chi connectivity index (χ4v) is 4.50. The van der Waals surface area contributed by atoms with Crippen molar-refractivity contribution in [1.82, 2.24) is 14.6 Å². The molecule has 0 bridgehead atoms. The van der Waals surface area contributed by atoms with E-state index in [9.17, 15) is 13.2 Å². The van der Waals surface area contributed by atoms with Crippen LogP contribution in [0, 0.1) is 0 Å². The highest BCUT2D eigenvalue weighted by Crippen LogP contribution is 2.21. The molecule has 24 heavy (non-hydrogen) atoms.